The highest BCUT2D eigenvalue weighted by molar-refractivity contribution is 5.82. The Kier molecular flexibility index (Phi) is 7.90. The number of hydrogen-bond acceptors (Lipinski definition) is 7. The molecule has 4 rings (SSSR count). The van der Waals surface area contributed by atoms with E-state index in [0.29, 0.717) is 54.5 Å². The number of amides is 2. The molecule has 0 aliphatic carbocycles. The fraction of sp³-hybridized carbons (Fsp3) is 0.414. The number of nitriles is 1. The molecule has 1 aromatic heterocycles. The second-order valence-corrected chi connectivity index (χ2v) is 10.8. The molecule has 0 unspecified atom stereocenters. The highest BCUT2D eigenvalue weighted by Crippen LogP contribution is 2.29. The summed E-state index contributed by atoms with van der Waals surface area (Å²) in [6.45, 7) is 9.95. The summed E-state index contributed by atoms with van der Waals surface area (Å²) in [5, 5.41) is 23.2. The van der Waals surface area contributed by atoms with Crippen molar-refractivity contribution in [3.8, 4) is 34.7 Å². The summed E-state index contributed by atoms with van der Waals surface area (Å²) in [6.07, 6.45) is 0.134. The average molecular weight is 532 g/mol. The van der Waals surface area contributed by atoms with E-state index >= 15 is 0 Å². The van der Waals surface area contributed by atoms with E-state index in [9.17, 15) is 20.0 Å². The Labute approximate surface area is 227 Å². The van der Waals surface area contributed by atoms with Crippen LogP contribution in [0.2, 0.25) is 0 Å². The van der Waals surface area contributed by atoms with E-state index in [0.717, 1.165) is 16.7 Å². The van der Waals surface area contributed by atoms with E-state index in [1.807, 2.05) is 32.0 Å². The van der Waals surface area contributed by atoms with Gasteiger partial charge in [-0.1, -0.05) is 17.3 Å². The van der Waals surface area contributed by atoms with Crippen molar-refractivity contribution < 1.29 is 24.0 Å². The fourth-order valence-corrected chi connectivity index (χ4v) is 4.51. The molecule has 1 aliphatic heterocycles. The lowest BCUT2D eigenvalue weighted by molar-refractivity contribution is -0.133. The molecule has 2 heterocycles. The van der Waals surface area contributed by atoms with Gasteiger partial charge in [-0.15, -0.1) is 0 Å². The smallest absolute Gasteiger partial charge is 0.408 e. The van der Waals surface area contributed by atoms with Gasteiger partial charge in [0.05, 0.1) is 11.7 Å². The van der Waals surface area contributed by atoms with Crippen LogP contribution in [0.5, 0.6) is 5.75 Å². The van der Waals surface area contributed by atoms with Crippen molar-refractivity contribution in [3.63, 3.8) is 0 Å². The first-order valence-electron chi connectivity index (χ1n) is 12.9. The van der Waals surface area contributed by atoms with Crippen LogP contribution in [0.4, 0.5) is 4.79 Å². The van der Waals surface area contributed by atoms with Gasteiger partial charge < -0.3 is 19.3 Å². The van der Waals surface area contributed by atoms with Crippen molar-refractivity contribution in [1.82, 2.24) is 19.9 Å². The molecule has 3 aromatic rings. The van der Waals surface area contributed by atoms with E-state index in [1.165, 1.54) is 4.90 Å². The van der Waals surface area contributed by atoms with Crippen molar-refractivity contribution in [2.75, 3.05) is 19.6 Å². The molecule has 1 aliphatic rings. The number of benzene rings is 2. The third kappa shape index (κ3) is 6.37. The maximum Gasteiger partial charge on any atom is 0.408 e. The minimum Gasteiger partial charge on any atom is -0.490 e. The van der Waals surface area contributed by atoms with Gasteiger partial charge in [-0.2, -0.15) is 10.2 Å². The Bertz CT molecular complexity index is 1420. The van der Waals surface area contributed by atoms with Gasteiger partial charge in [0.25, 0.3) is 5.89 Å². The van der Waals surface area contributed by atoms with Gasteiger partial charge in [-0.25, -0.2) is 4.79 Å². The van der Waals surface area contributed by atoms with E-state index in [2.05, 4.69) is 16.2 Å². The molecule has 204 valence electrons. The van der Waals surface area contributed by atoms with Crippen LogP contribution in [0.3, 0.4) is 0 Å². The van der Waals surface area contributed by atoms with Gasteiger partial charge in [0.2, 0.25) is 11.7 Å². The van der Waals surface area contributed by atoms with E-state index in [1.54, 1.807) is 43.9 Å². The lowest BCUT2D eigenvalue weighted by Gasteiger charge is -2.34. The topological polar surface area (TPSA) is 133 Å². The van der Waals surface area contributed by atoms with Crippen LogP contribution in [0.25, 0.3) is 22.8 Å². The molecular formula is C29H33N5O5. The molecular weight excluding hydrogens is 498 g/mol. The zero-order valence-corrected chi connectivity index (χ0v) is 22.9. The van der Waals surface area contributed by atoms with Crippen molar-refractivity contribution in [1.29, 1.82) is 5.26 Å². The Balaban J connectivity index is 1.49. The predicted octanol–water partition coefficient (Wildman–Crippen LogP) is 4.77. The van der Waals surface area contributed by atoms with Crippen LogP contribution in [-0.2, 0) is 17.6 Å². The highest BCUT2D eigenvalue weighted by atomic mass is 16.5. The quantitative estimate of drug-likeness (QED) is 0.481. The summed E-state index contributed by atoms with van der Waals surface area (Å²) in [5.41, 5.74) is 3.34. The normalized spacial score (nSPS) is 13.4. The Morgan fingerprint density at radius 1 is 1.13 bits per heavy atom. The number of carbonyl (C=O) groups is 2. The maximum absolute atomic E-state index is 13.0. The van der Waals surface area contributed by atoms with Crippen LogP contribution >= 0.6 is 0 Å². The number of hydrogen-bond donors (Lipinski definition) is 1. The van der Waals surface area contributed by atoms with Crippen molar-refractivity contribution in [3.05, 3.63) is 53.1 Å². The van der Waals surface area contributed by atoms with Gasteiger partial charge in [0.1, 0.15) is 18.4 Å². The molecule has 0 saturated heterocycles. The number of rotatable bonds is 6. The minimum atomic E-state index is -1.11. The summed E-state index contributed by atoms with van der Waals surface area (Å²) in [6, 6.07) is 13.3. The van der Waals surface area contributed by atoms with Gasteiger partial charge in [-0.3, -0.25) is 9.69 Å². The first-order chi connectivity index (χ1) is 18.5. The first kappa shape index (κ1) is 27.6. The Hall–Kier alpha value is -4.39. The van der Waals surface area contributed by atoms with Crippen molar-refractivity contribution >= 4 is 12.0 Å². The van der Waals surface area contributed by atoms with Gasteiger partial charge in [0, 0.05) is 29.8 Å². The average Bonchev–Trinajstić information content (AvgIpc) is 3.27. The third-order valence-corrected chi connectivity index (χ3v) is 6.59. The second-order valence-electron chi connectivity index (χ2n) is 10.8. The summed E-state index contributed by atoms with van der Waals surface area (Å²) in [5.74, 6) is 1.02. The Morgan fingerprint density at radius 2 is 1.82 bits per heavy atom. The molecule has 0 saturated carbocycles. The predicted molar refractivity (Wildman–Crippen MR) is 144 cm³/mol. The number of carbonyl (C=O) groups excluding carboxylic acids is 1. The molecule has 10 heteroatoms. The second kappa shape index (κ2) is 11.2. The fourth-order valence-electron chi connectivity index (χ4n) is 4.51. The molecule has 0 bridgehead atoms. The number of fused-ring (bicyclic) bond motifs is 1. The number of ether oxygens (including phenoxy) is 1. The molecule has 0 radical (unpaired) electrons. The standard InChI is InChI=1S/C29H33N5O5/c1-18(2)38-24-9-8-22(15-23(24)16-30)27-31-26(32-39-27)21-7-6-19-10-12-33(13-11-20(19)14-21)25(35)17-34(28(36)37)29(3,4)5/h6-9,14-15,18H,10-13,17H2,1-5H3,(H,36,37). The zero-order chi connectivity index (χ0) is 28.3. The highest BCUT2D eigenvalue weighted by Gasteiger charge is 2.30. The van der Waals surface area contributed by atoms with Crippen LogP contribution in [0, 0.1) is 11.3 Å². The summed E-state index contributed by atoms with van der Waals surface area (Å²) in [7, 11) is 0. The largest absolute Gasteiger partial charge is 0.490 e. The molecule has 0 atom stereocenters. The molecule has 1 N–H and O–H groups in total. The van der Waals surface area contributed by atoms with E-state index < -0.39 is 11.6 Å². The van der Waals surface area contributed by atoms with Gasteiger partial charge in [-0.05, 0) is 82.9 Å². The number of aromatic nitrogens is 2. The molecule has 39 heavy (non-hydrogen) atoms. The number of carboxylic acid groups (broad SMARTS) is 1. The molecule has 2 aromatic carbocycles. The maximum atomic E-state index is 13.0. The van der Waals surface area contributed by atoms with E-state index in [4.69, 9.17) is 9.26 Å². The monoisotopic (exact) mass is 531 g/mol. The van der Waals surface area contributed by atoms with Crippen LogP contribution in [-0.4, -0.2) is 68.3 Å². The molecule has 0 spiro atoms. The summed E-state index contributed by atoms with van der Waals surface area (Å²) < 4.78 is 11.2. The van der Waals surface area contributed by atoms with Crippen molar-refractivity contribution in [2.45, 2.75) is 59.1 Å². The molecule has 2 amide bonds. The Morgan fingerprint density at radius 3 is 2.46 bits per heavy atom. The summed E-state index contributed by atoms with van der Waals surface area (Å²) in [4.78, 5) is 32.1. The lowest BCUT2D eigenvalue weighted by Crippen LogP contribution is -2.51. The van der Waals surface area contributed by atoms with Crippen LogP contribution in [0.15, 0.2) is 40.9 Å². The van der Waals surface area contributed by atoms with Crippen LogP contribution in [0.1, 0.15) is 51.3 Å². The minimum absolute atomic E-state index is 0.0562. The molecule has 10 nitrogen and oxygen atoms in total. The van der Waals surface area contributed by atoms with Gasteiger partial charge in [0.15, 0.2) is 0 Å². The first-order valence-corrected chi connectivity index (χ1v) is 12.9. The zero-order valence-electron chi connectivity index (χ0n) is 22.9. The van der Waals surface area contributed by atoms with Crippen molar-refractivity contribution in [2.24, 2.45) is 0 Å². The SMILES string of the molecule is CC(C)Oc1ccc(-c2nc(-c3ccc4c(c3)CCN(C(=O)CN(C(=O)O)C(C)(C)C)CC4)no2)cc1C#N. The number of nitrogens with zero attached hydrogens (tertiary/aromatic N) is 5. The van der Waals surface area contributed by atoms with E-state index in [-0.39, 0.29) is 18.6 Å². The lowest BCUT2D eigenvalue weighted by atomic mass is 10.00. The van der Waals surface area contributed by atoms with Gasteiger partial charge >= 0.3 is 6.09 Å². The summed E-state index contributed by atoms with van der Waals surface area (Å²) >= 11 is 0. The third-order valence-electron chi connectivity index (χ3n) is 6.59. The van der Waals surface area contributed by atoms with Crippen LogP contribution < -0.4 is 4.74 Å². The molecule has 0 fully saturated rings.